The lowest BCUT2D eigenvalue weighted by Crippen LogP contribution is -2.33. The SMILES string of the molecule is COC(=O)C1=C(O)CCC2(C1)Cc1ccc(Br)cc1C2=O.COC(=O)CCC1(CCC(=O)OC)Cc2ccc(Br)cc2C1=O. The molecule has 0 saturated carbocycles. The molecule has 1 N–H and O–H groups in total. The Morgan fingerprint density at radius 2 is 1.30 bits per heavy atom. The molecule has 44 heavy (non-hydrogen) atoms. The third-order valence-corrected chi connectivity index (χ3v) is 9.85. The third-order valence-electron chi connectivity index (χ3n) is 8.86. The van der Waals surface area contributed by atoms with E-state index in [1.807, 2.05) is 30.3 Å². The summed E-state index contributed by atoms with van der Waals surface area (Å²) in [6, 6.07) is 11.3. The molecule has 0 aromatic heterocycles. The van der Waals surface area contributed by atoms with Crippen LogP contribution >= 0.6 is 31.9 Å². The fraction of sp³-hybridized carbons (Fsp3) is 0.424. The van der Waals surface area contributed by atoms with Crippen molar-refractivity contribution in [3.8, 4) is 0 Å². The molecule has 2 aromatic rings. The van der Waals surface area contributed by atoms with E-state index in [2.05, 4.69) is 41.3 Å². The monoisotopic (exact) mass is 732 g/mol. The molecule has 234 valence electrons. The van der Waals surface area contributed by atoms with E-state index in [-0.39, 0.29) is 54.1 Å². The number of aliphatic hydroxyl groups is 1. The molecular weight excluding hydrogens is 700 g/mol. The lowest BCUT2D eigenvalue weighted by atomic mass is 9.70. The predicted molar refractivity (Wildman–Crippen MR) is 167 cm³/mol. The Hall–Kier alpha value is -3.31. The van der Waals surface area contributed by atoms with Crippen LogP contribution in [0, 0.1) is 10.8 Å². The Morgan fingerprint density at radius 1 is 0.773 bits per heavy atom. The van der Waals surface area contributed by atoms with Crippen LogP contribution in [0.3, 0.4) is 0 Å². The van der Waals surface area contributed by atoms with Gasteiger partial charge in [0.2, 0.25) is 0 Å². The van der Waals surface area contributed by atoms with E-state index >= 15 is 0 Å². The van der Waals surface area contributed by atoms with Crippen LogP contribution in [0.1, 0.15) is 76.8 Å². The number of ether oxygens (including phenoxy) is 3. The van der Waals surface area contributed by atoms with Gasteiger partial charge in [-0.3, -0.25) is 19.2 Å². The highest BCUT2D eigenvalue weighted by Gasteiger charge is 2.49. The molecule has 3 aliphatic carbocycles. The molecule has 0 bridgehead atoms. The van der Waals surface area contributed by atoms with Gasteiger partial charge in [0.1, 0.15) is 5.76 Å². The van der Waals surface area contributed by atoms with Crippen molar-refractivity contribution in [1.82, 2.24) is 0 Å². The van der Waals surface area contributed by atoms with Gasteiger partial charge >= 0.3 is 17.9 Å². The average molecular weight is 734 g/mol. The van der Waals surface area contributed by atoms with Crippen molar-refractivity contribution in [3.63, 3.8) is 0 Å². The zero-order chi connectivity index (χ0) is 32.2. The van der Waals surface area contributed by atoms with Crippen molar-refractivity contribution in [3.05, 3.63) is 78.9 Å². The number of methoxy groups -OCH3 is 3. The molecule has 0 heterocycles. The predicted octanol–water partition coefficient (Wildman–Crippen LogP) is 6.42. The maximum Gasteiger partial charge on any atom is 0.337 e. The van der Waals surface area contributed by atoms with Crippen molar-refractivity contribution >= 4 is 61.3 Å². The summed E-state index contributed by atoms with van der Waals surface area (Å²) in [5.74, 6) is -1.15. The highest BCUT2D eigenvalue weighted by molar-refractivity contribution is 9.10. The van der Waals surface area contributed by atoms with Gasteiger partial charge in [0.25, 0.3) is 0 Å². The van der Waals surface area contributed by atoms with Crippen molar-refractivity contribution in [2.75, 3.05) is 21.3 Å². The number of carbonyl (C=O) groups is 5. The van der Waals surface area contributed by atoms with Crippen LogP contribution in [0.15, 0.2) is 56.7 Å². The Bertz CT molecular complexity index is 1520. The van der Waals surface area contributed by atoms with Crippen molar-refractivity contribution < 1.29 is 43.3 Å². The minimum absolute atomic E-state index is 0.0124. The topological polar surface area (TPSA) is 133 Å². The molecule has 9 nitrogen and oxygen atoms in total. The second-order valence-corrected chi connectivity index (χ2v) is 13.3. The van der Waals surface area contributed by atoms with Gasteiger partial charge in [0.15, 0.2) is 11.6 Å². The van der Waals surface area contributed by atoms with Crippen LogP contribution < -0.4 is 0 Å². The van der Waals surface area contributed by atoms with Crippen LogP contribution in [0.25, 0.3) is 0 Å². The van der Waals surface area contributed by atoms with Gasteiger partial charge in [-0.15, -0.1) is 0 Å². The third kappa shape index (κ3) is 6.83. The van der Waals surface area contributed by atoms with E-state index in [0.717, 1.165) is 25.6 Å². The van der Waals surface area contributed by atoms with Gasteiger partial charge in [0.05, 0.1) is 26.9 Å². The van der Waals surface area contributed by atoms with Crippen LogP contribution in [0.5, 0.6) is 0 Å². The first kappa shape index (κ1) is 33.6. The van der Waals surface area contributed by atoms with Crippen molar-refractivity contribution in [1.29, 1.82) is 0 Å². The Labute approximate surface area is 272 Å². The first-order valence-corrected chi connectivity index (χ1v) is 15.8. The molecule has 1 unspecified atom stereocenters. The van der Waals surface area contributed by atoms with Gasteiger partial charge < -0.3 is 19.3 Å². The molecule has 0 amide bonds. The van der Waals surface area contributed by atoms with Crippen LogP contribution in [-0.2, 0) is 41.4 Å². The summed E-state index contributed by atoms with van der Waals surface area (Å²) < 4.78 is 15.8. The van der Waals surface area contributed by atoms with Gasteiger partial charge in [-0.05, 0) is 73.9 Å². The van der Waals surface area contributed by atoms with Crippen LogP contribution in [0.4, 0.5) is 0 Å². The number of Topliss-reactive ketones (excluding diaryl/α,β-unsaturated/α-hetero) is 2. The number of hydrogen-bond acceptors (Lipinski definition) is 9. The highest BCUT2D eigenvalue weighted by Crippen LogP contribution is 2.49. The smallest absolute Gasteiger partial charge is 0.337 e. The van der Waals surface area contributed by atoms with Gasteiger partial charge in [-0.25, -0.2) is 4.79 Å². The standard InChI is InChI=1S/C17H19BrO5.C16H15BrO4/c1-22-14(19)5-7-17(8-6-15(20)23-2)10-11-3-4-12(18)9-13(11)16(17)21;1-21-15(20)12-8-16(5-4-13(12)18)7-9-2-3-10(17)6-11(9)14(16)19/h3-4,9H,5-8,10H2,1-2H3;2-3,6,18H,4-5,7-8H2,1H3. The van der Waals surface area contributed by atoms with Gasteiger partial charge in [-0.2, -0.15) is 0 Å². The van der Waals surface area contributed by atoms with E-state index < -0.39 is 16.8 Å². The zero-order valence-electron chi connectivity index (χ0n) is 24.8. The average Bonchev–Trinajstić information content (AvgIpc) is 3.45. The molecule has 0 fully saturated rings. The van der Waals surface area contributed by atoms with E-state index in [1.165, 1.54) is 21.3 Å². The number of halogens is 2. The molecule has 0 radical (unpaired) electrons. The summed E-state index contributed by atoms with van der Waals surface area (Å²) in [5.41, 5.74) is 2.22. The summed E-state index contributed by atoms with van der Waals surface area (Å²) >= 11 is 6.76. The lowest BCUT2D eigenvalue weighted by molar-refractivity contribution is -0.141. The molecular formula is C33H34Br2O9. The maximum atomic E-state index is 12.9. The molecule has 0 aliphatic heterocycles. The fourth-order valence-electron chi connectivity index (χ4n) is 6.40. The molecule has 3 aliphatic rings. The second kappa shape index (κ2) is 13.8. The summed E-state index contributed by atoms with van der Waals surface area (Å²) in [5, 5.41) is 9.92. The normalized spacial score (nSPS) is 19.6. The Balaban J connectivity index is 0.000000201. The quantitative estimate of drug-likeness (QED) is 0.253. The molecule has 11 heteroatoms. The van der Waals surface area contributed by atoms with Gasteiger partial charge in [-0.1, -0.05) is 44.0 Å². The minimum Gasteiger partial charge on any atom is -0.512 e. The summed E-state index contributed by atoms with van der Waals surface area (Å²) in [6.45, 7) is 0. The van der Waals surface area contributed by atoms with E-state index in [1.54, 1.807) is 6.07 Å². The van der Waals surface area contributed by atoms with E-state index in [0.29, 0.717) is 44.1 Å². The first-order chi connectivity index (χ1) is 20.9. The van der Waals surface area contributed by atoms with E-state index in [4.69, 9.17) is 4.74 Å². The van der Waals surface area contributed by atoms with E-state index in [9.17, 15) is 29.1 Å². The number of ketones is 2. The number of hydrogen-bond donors (Lipinski definition) is 1. The number of rotatable bonds is 7. The maximum absolute atomic E-state index is 12.9. The van der Waals surface area contributed by atoms with Crippen molar-refractivity contribution in [2.45, 2.75) is 57.8 Å². The first-order valence-electron chi connectivity index (χ1n) is 14.2. The largest absolute Gasteiger partial charge is 0.512 e. The molecule has 2 aromatic carbocycles. The number of benzene rings is 2. The molecule has 0 saturated heterocycles. The minimum atomic E-state index is -0.745. The highest BCUT2D eigenvalue weighted by atomic mass is 79.9. The molecule has 1 spiro atoms. The number of allylic oxidation sites excluding steroid dienone is 1. The second-order valence-electron chi connectivity index (χ2n) is 11.4. The summed E-state index contributed by atoms with van der Waals surface area (Å²) in [7, 11) is 3.93. The summed E-state index contributed by atoms with van der Waals surface area (Å²) in [4.78, 5) is 60.6. The Morgan fingerprint density at radius 3 is 1.82 bits per heavy atom. The summed E-state index contributed by atoms with van der Waals surface area (Å²) in [6.07, 6.45) is 3.32. The Kier molecular flexibility index (Phi) is 10.5. The number of esters is 3. The molecule has 5 rings (SSSR count). The number of aliphatic hydroxyl groups excluding tert-OH is 1. The van der Waals surface area contributed by atoms with Crippen LogP contribution in [0.2, 0.25) is 0 Å². The van der Waals surface area contributed by atoms with Crippen molar-refractivity contribution in [2.24, 2.45) is 10.8 Å². The number of fused-ring (bicyclic) bond motifs is 2. The lowest BCUT2D eigenvalue weighted by Gasteiger charge is -2.32. The van der Waals surface area contributed by atoms with Gasteiger partial charge in [0, 0.05) is 50.2 Å². The van der Waals surface area contributed by atoms with Crippen LogP contribution in [-0.4, -0.2) is 55.9 Å². The molecule has 1 atom stereocenters. The number of carbonyl (C=O) groups excluding carboxylic acids is 5. The fourth-order valence-corrected chi connectivity index (χ4v) is 7.12. The zero-order valence-corrected chi connectivity index (χ0v) is 28.0.